The monoisotopic (exact) mass is 180 g/mol. The zero-order valence-electron chi connectivity index (χ0n) is 8.63. The molecule has 1 unspecified atom stereocenters. The van der Waals surface area contributed by atoms with Crippen molar-refractivity contribution in [3.63, 3.8) is 0 Å². The summed E-state index contributed by atoms with van der Waals surface area (Å²) in [5, 5.41) is 0. The van der Waals surface area contributed by atoms with E-state index < -0.39 is 0 Å². The molecule has 0 aromatic rings. The average Bonchev–Trinajstić information content (AvgIpc) is 2.03. The van der Waals surface area contributed by atoms with Gasteiger partial charge in [-0.1, -0.05) is 19.9 Å². The number of hydrogen-bond donors (Lipinski definition) is 0. The Morgan fingerprint density at radius 1 is 1.54 bits per heavy atom. The summed E-state index contributed by atoms with van der Waals surface area (Å²) in [7, 11) is 1.65. The highest BCUT2D eigenvalue weighted by atomic mass is 16.5. The van der Waals surface area contributed by atoms with Gasteiger partial charge >= 0.3 is 0 Å². The van der Waals surface area contributed by atoms with Crippen LogP contribution in [0.1, 0.15) is 20.8 Å². The van der Waals surface area contributed by atoms with E-state index in [1.807, 2.05) is 26.8 Å². The van der Waals surface area contributed by atoms with Gasteiger partial charge < -0.3 is 4.74 Å². The van der Waals surface area contributed by atoms with Crippen molar-refractivity contribution >= 4 is 6.29 Å². The highest BCUT2D eigenvalue weighted by molar-refractivity contribution is 5.77. The van der Waals surface area contributed by atoms with E-state index in [0.29, 0.717) is 0 Å². The molecule has 2 nitrogen and oxygen atoms in total. The topological polar surface area (TPSA) is 26.3 Å². The summed E-state index contributed by atoms with van der Waals surface area (Å²) in [4.78, 5) is 10.8. The van der Waals surface area contributed by atoms with Crippen LogP contribution in [0, 0.1) is 5.41 Å². The first-order valence-corrected chi connectivity index (χ1v) is 4.41. The smallest absolute Gasteiger partial charge is 0.146 e. The molecule has 2 heteroatoms. The first-order valence-electron chi connectivity index (χ1n) is 4.41. The highest BCUT2D eigenvalue weighted by Gasteiger charge is 2.27. The number of allylic oxidation sites excluding steroid dienone is 2. The summed E-state index contributed by atoms with van der Waals surface area (Å²) in [6.45, 7) is 6.08. The summed E-state index contributed by atoms with van der Waals surface area (Å²) in [5.74, 6) is 0. The molecule has 0 fully saturated rings. The molecular formula is C11H16O2. The molecule has 1 rings (SSSR count). The molecule has 0 N–H and O–H groups in total. The molecular weight excluding hydrogens is 164 g/mol. The second-order valence-corrected chi connectivity index (χ2v) is 4.01. The van der Waals surface area contributed by atoms with Crippen LogP contribution in [0.15, 0.2) is 23.3 Å². The van der Waals surface area contributed by atoms with E-state index in [-0.39, 0.29) is 11.5 Å². The first kappa shape index (κ1) is 10.2. The fourth-order valence-electron chi connectivity index (χ4n) is 1.69. The lowest BCUT2D eigenvalue weighted by Gasteiger charge is -2.29. The van der Waals surface area contributed by atoms with Crippen LogP contribution in [0.3, 0.4) is 0 Å². The Labute approximate surface area is 79.3 Å². The van der Waals surface area contributed by atoms with Crippen LogP contribution < -0.4 is 0 Å². The third-order valence-corrected chi connectivity index (χ3v) is 2.49. The molecule has 0 amide bonds. The Balaban J connectivity index is 3.04. The molecule has 0 bridgehead atoms. The van der Waals surface area contributed by atoms with Gasteiger partial charge in [0.15, 0.2) is 0 Å². The van der Waals surface area contributed by atoms with Crippen molar-refractivity contribution in [1.29, 1.82) is 0 Å². The lowest BCUT2D eigenvalue weighted by Crippen LogP contribution is -2.24. The Kier molecular flexibility index (Phi) is 2.71. The molecule has 0 radical (unpaired) electrons. The second-order valence-electron chi connectivity index (χ2n) is 4.01. The predicted octanol–water partition coefficient (Wildman–Crippen LogP) is 2.11. The minimum Gasteiger partial charge on any atom is -0.373 e. The summed E-state index contributed by atoms with van der Waals surface area (Å²) in [6.07, 6.45) is 4.86. The minimum absolute atomic E-state index is 0.0341. The molecule has 1 aliphatic carbocycles. The van der Waals surface area contributed by atoms with Gasteiger partial charge in [0.1, 0.15) is 6.29 Å². The molecule has 72 valence electrons. The van der Waals surface area contributed by atoms with Crippen molar-refractivity contribution in [3.8, 4) is 0 Å². The van der Waals surface area contributed by atoms with E-state index in [4.69, 9.17) is 4.74 Å². The SMILES string of the molecule is COC1C=C(C=O)C(C)(C)C=C1C. The Bertz CT molecular complexity index is 272. The number of aldehydes is 1. The van der Waals surface area contributed by atoms with Crippen LogP contribution in [-0.4, -0.2) is 19.5 Å². The van der Waals surface area contributed by atoms with Gasteiger partial charge in [-0.25, -0.2) is 0 Å². The van der Waals surface area contributed by atoms with E-state index in [9.17, 15) is 4.79 Å². The van der Waals surface area contributed by atoms with Crippen molar-refractivity contribution in [3.05, 3.63) is 23.3 Å². The third-order valence-electron chi connectivity index (χ3n) is 2.49. The van der Waals surface area contributed by atoms with Crippen molar-refractivity contribution < 1.29 is 9.53 Å². The van der Waals surface area contributed by atoms with Crippen molar-refractivity contribution in [1.82, 2.24) is 0 Å². The normalized spacial score (nSPS) is 26.3. The fourth-order valence-corrected chi connectivity index (χ4v) is 1.69. The van der Waals surface area contributed by atoms with E-state index in [0.717, 1.165) is 17.4 Å². The Morgan fingerprint density at radius 3 is 2.62 bits per heavy atom. The zero-order valence-corrected chi connectivity index (χ0v) is 8.63. The number of ether oxygens (including phenoxy) is 1. The summed E-state index contributed by atoms with van der Waals surface area (Å²) in [6, 6.07) is 0. The van der Waals surface area contributed by atoms with Gasteiger partial charge in [-0.2, -0.15) is 0 Å². The molecule has 0 heterocycles. The van der Waals surface area contributed by atoms with Crippen LogP contribution in [-0.2, 0) is 9.53 Å². The van der Waals surface area contributed by atoms with Crippen LogP contribution in [0.4, 0.5) is 0 Å². The largest absolute Gasteiger partial charge is 0.373 e. The lowest BCUT2D eigenvalue weighted by atomic mass is 9.78. The summed E-state index contributed by atoms with van der Waals surface area (Å²) in [5.41, 5.74) is 1.81. The third kappa shape index (κ3) is 1.89. The Morgan fingerprint density at radius 2 is 2.15 bits per heavy atom. The van der Waals surface area contributed by atoms with Crippen molar-refractivity contribution in [2.45, 2.75) is 26.9 Å². The Hall–Kier alpha value is -0.890. The van der Waals surface area contributed by atoms with Crippen molar-refractivity contribution in [2.24, 2.45) is 5.41 Å². The van der Waals surface area contributed by atoms with Gasteiger partial charge in [0.2, 0.25) is 0 Å². The molecule has 0 aliphatic heterocycles. The van der Waals surface area contributed by atoms with E-state index in [1.165, 1.54) is 0 Å². The maximum atomic E-state index is 10.8. The maximum Gasteiger partial charge on any atom is 0.146 e. The molecule has 0 spiro atoms. The van der Waals surface area contributed by atoms with Gasteiger partial charge in [0, 0.05) is 18.1 Å². The molecule has 0 aromatic carbocycles. The van der Waals surface area contributed by atoms with Gasteiger partial charge in [-0.15, -0.1) is 0 Å². The minimum atomic E-state index is -0.152. The molecule has 0 saturated heterocycles. The van der Waals surface area contributed by atoms with Gasteiger partial charge in [0.05, 0.1) is 6.10 Å². The number of carbonyl (C=O) groups excluding carboxylic acids is 1. The fraction of sp³-hybridized carbons (Fsp3) is 0.545. The highest BCUT2D eigenvalue weighted by Crippen LogP contribution is 2.33. The predicted molar refractivity (Wildman–Crippen MR) is 52.5 cm³/mol. The maximum absolute atomic E-state index is 10.8. The van der Waals surface area contributed by atoms with E-state index in [2.05, 4.69) is 6.08 Å². The second kappa shape index (κ2) is 3.46. The molecule has 1 aliphatic rings. The molecule has 0 aromatic heterocycles. The standard InChI is InChI=1S/C11H16O2/c1-8-6-11(2,3)9(7-12)5-10(8)13-4/h5-7,10H,1-4H3. The summed E-state index contributed by atoms with van der Waals surface area (Å²) < 4.78 is 5.23. The van der Waals surface area contributed by atoms with Crippen molar-refractivity contribution in [2.75, 3.05) is 7.11 Å². The van der Waals surface area contributed by atoms with Crippen LogP contribution >= 0.6 is 0 Å². The molecule has 13 heavy (non-hydrogen) atoms. The van der Waals surface area contributed by atoms with E-state index in [1.54, 1.807) is 7.11 Å². The number of methoxy groups -OCH3 is 1. The number of carbonyl (C=O) groups is 1. The zero-order chi connectivity index (χ0) is 10.1. The van der Waals surface area contributed by atoms with E-state index >= 15 is 0 Å². The lowest BCUT2D eigenvalue weighted by molar-refractivity contribution is -0.105. The van der Waals surface area contributed by atoms with Crippen LogP contribution in [0.25, 0.3) is 0 Å². The quantitative estimate of drug-likeness (QED) is 0.480. The number of rotatable bonds is 2. The van der Waals surface area contributed by atoms with Crippen LogP contribution in [0.5, 0.6) is 0 Å². The summed E-state index contributed by atoms with van der Waals surface area (Å²) >= 11 is 0. The first-order chi connectivity index (χ1) is 6.01. The van der Waals surface area contributed by atoms with Crippen LogP contribution in [0.2, 0.25) is 0 Å². The van der Waals surface area contributed by atoms with Gasteiger partial charge in [-0.3, -0.25) is 4.79 Å². The number of hydrogen-bond acceptors (Lipinski definition) is 2. The van der Waals surface area contributed by atoms with Gasteiger partial charge in [-0.05, 0) is 18.6 Å². The molecule has 1 atom stereocenters. The molecule has 0 saturated carbocycles. The average molecular weight is 180 g/mol. The van der Waals surface area contributed by atoms with Gasteiger partial charge in [0.25, 0.3) is 0 Å².